The Morgan fingerprint density at radius 3 is 2.53 bits per heavy atom. The highest BCUT2D eigenvalue weighted by Crippen LogP contribution is 2.30. The molecule has 1 atom stereocenters. The van der Waals surface area contributed by atoms with Gasteiger partial charge in [0, 0.05) is 25.2 Å². The van der Waals surface area contributed by atoms with Gasteiger partial charge in [0.2, 0.25) is 0 Å². The van der Waals surface area contributed by atoms with Gasteiger partial charge >= 0.3 is 0 Å². The van der Waals surface area contributed by atoms with Crippen molar-refractivity contribution in [3.63, 3.8) is 0 Å². The molecule has 1 aromatic carbocycles. The van der Waals surface area contributed by atoms with E-state index >= 15 is 0 Å². The van der Waals surface area contributed by atoms with Gasteiger partial charge in [0.15, 0.2) is 0 Å². The first-order valence-electron chi connectivity index (χ1n) is 6.79. The van der Waals surface area contributed by atoms with Gasteiger partial charge in [-0.2, -0.15) is 0 Å². The highest BCUT2D eigenvalue weighted by Gasteiger charge is 2.32. The second-order valence-corrected chi connectivity index (χ2v) is 5.01. The molecule has 1 N–H and O–H groups in total. The fraction of sp³-hybridized carbons (Fsp3) is 0.600. The molecular formula is C15H24N2. The third-order valence-corrected chi connectivity index (χ3v) is 3.60. The van der Waals surface area contributed by atoms with E-state index in [2.05, 4.69) is 54.5 Å². The zero-order valence-corrected chi connectivity index (χ0v) is 11.0. The average molecular weight is 232 g/mol. The standard InChI is InChI=1S/C15H24N2/c1-3-14(11-16-2)17(15-9-10-15)12-13-7-5-4-6-8-13/h4-8,14-16H,3,9-12H2,1-2H3. The van der Waals surface area contributed by atoms with Gasteiger partial charge in [-0.05, 0) is 31.9 Å². The van der Waals surface area contributed by atoms with Gasteiger partial charge in [0.1, 0.15) is 0 Å². The molecule has 1 unspecified atom stereocenters. The molecule has 94 valence electrons. The van der Waals surface area contributed by atoms with Gasteiger partial charge in [-0.15, -0.1) is 0 Å². The van der Waals surface area contributed by atoms with Crippen LogP contribution in [0.15, 0.2) is 30.3 Å². The van der Waals surface area contributed by atoms with Crippen LogP contribution in [-0.4, -0.2) is 30.6 Å². The summed E-state index contributed by atoms with van der Waals surface area (Å²) in [6.07, 6.45) is 3.99. The van der Waals surface area contributed by atoms with E-state index in [1.807, 2.05) is 0 Å². The van der Waals surface area contributed by atoms with Crippen LogP contribution in [0.4, 0.5) is 0 Å². The minimum absolute atomic E-state index is 0.674. The molecule has 2 nitrogen and oxygen atoms in total. The lowest BCUT2D eigenvalue weighted by atomic mass is 10.1. The summed E-state index contributed by atoms with van der Waals surface area (Å²) in [7, 11) is 2.05. The van der Waals surface area contributed by atoms with Gasteiger partial charge in [-0.25, -0.2) is 0 Å². The maximum absolute atomic E-state index is 3.33. The molecule has 2 rings (SSSR count). The highest BCUT2D eigenvalue weighted by atomic mass is 15.2. The number of benzene rings is 1. The first kappa shape index (κ1) is 12.6. The van der Waals surface area contributed by atoms with Crippen LogP contribution in [0.2, 0.25) is 0 Å². The largest absolute Gasteiger partial charge is 0.318 e. The summed E-state index contributed by atoms with van der Waals surface area (Å²) < 4.78 is 0. The molecule has 0 amide bonds. The van der Waals surface area contributed by atoms with Gasteiger partial charge < -0.3 is 5.32 Å². The molecule has 0 aliphatic heterocycles. The van der Waals surface area contributed by atoms with Crippen molar-refractivity contribution in [3.8, 4) is 0 Å². The Morgan fingerprint density at radius 1 is 1.29 bits per heavy atom. The minimum Gasteiger partial charge on any atom is -0.318 e. The number of nitrogens with one attached hydrogen (secondary N) is 1. The van der Waals surface area contributed by atoms with E-state index in [4.69, 9.17) is 0 Å². The van der Waals surface area contributed by atoms with E-state index in [0.717, 1.165) is 19.1 Å². The third kappa shape index (κ3) is 3.55. The van der Waals surface area contributed by atoms with Crippen molar-refractivity contribution < 1.29 is 0 Å². The first-order valence-corrected chi connectivity index (χ1v) is 6.79. The monoisotopic (exact) mass is 232 g/mol. The van der Waals surface area contributed by atoms with Crippen molar-refractivity contribution in [3.05, 3.63) is 35.9 Å². The Bertz CT molecular complexity index is 319. The van der Waals surface area contributed by atoms with Crippen LogP contribution < -0.4 is 5.32 Å². The SMILES string of the molecule is CCC(CNC)N(Cc1ccccc1)C1CC1. The van der Waals surface area contributed by atoms with Gasteiger partial charge in [0.05, 0.1) is 0 Å². The fourth-order valence-corrected chi connectivity index (χ4v) is 2.49. The topological polar surface area (TPSA) is 15.3 Å². The first-order chi connectivity index (χ1) is 8.35. The Morgan fingerprint density at radius 2 is 2.00 bits per heavy atom. The molecule has 1 aliphatic carbocycles. The Kier molecular flexibility index (Phi) is 4.57. The molecule has 1 aliphatic rings. The van der Waals surface area contributed by atoms with E-state index < -0.39 is 0 Å². The summed E-state index contributed by atoms with van der Waals surface area (Å²) in [5.41, 5.74) is 1.44. The number of hydrogen-bond donors (Lipinski definition) is 1. The van der Waals surface area contributed by atoms with Crippen LogP contribution in [0.3, 0.4) is 0 Å². The predicted molar refractivity (Wildman–Crippen MR) is 73.0 cm³/mol. The molecule has 0 heterocycles. The summed E-state index contributed by atoms with van der Waals surface area (Å²) in [4.78, 5) is 2.69. The van der Waals surface area contributed by atoms with Crippen LogP contribution in [0, 0.1) is 0 Å². The summed E-state index contributed by atoms with van der Waals surface area (Å²) in [5.74, 6) is 0. The van der Waals surface area contributed by atoms with Crippen molar-refractivity contribution in [1.29, 1.82) is 0 Å². The van der Waals surface area contributed by atoms with E-state index in [9.17, 15) is 0 Å². The smallest absolute Gasteiger partial charge is 0.0240 e. The van der Waals surface area contributed by atoms with Crippen LogP contribution in [-0.2, 0) is 6.54 Å². The quantitative estimate of drug-likeness (QED) is 0.777. The molecule has 0 radical (unpaired) electrons. The number of rotatable bonds is 7. The van der Waals surface area contributed by atoms with Crippen LogP contribution >= 0.6 is 0 Å². The molecule has 0 saturated heterocycles. The average Bonchev–Trinajstić information content (AvgIpc) is 3.19. The van der Waals surface area contributed by atoms with Crippen molar-refractivity contribution >= 4 is 0 Å². The minimum atomic E-state index is 0.674. The lowest BCUT2D eigenvalue weighted by Gasteiger charge is -2.31. The van der Waals surface area contributed by atoms with Gasteiger partial charge in [-0.1, -0.05) is 37.3 Å². The zero-order chi connectivity index (χ0) is 12.1. The van der Waals surface area contributed by atoms with Crippen molar-refractivity contribution in [2.75, 3.05) is 13.6 Å². The highest BCUT2D eigenvalue weighted by molar-refractivity contribution is 5.15. The van der Waals surface area contributed by atoms with E-state index in [1.165, 1.54) is 24.8 Å². The molecule has 0 bridgehead atoms. The molecule has 0 aromatic heterocycles. The summed E-state index contributed by atoms with van der Waals surface area (Å²) in [6.45, 7) is 4.49. The lowest BCUT2D eigenvalue weighted by molar-refractivity contribution is 0.170. The number of nitrogens with zero attached hydrogens (tertiary/aromatic N) is 1. The molecule has 1 aromatic rings. The predicted octanol–water partition coefficient (Wildman–Crippen LogP) is 2.65. The Labute approximate surface area is 105 Å². The molecular weight excluding hydrogens is 208 g/mol. The Balaban J connectivity index is 2.01. The summed E-state index contributed by atoms with van der Waals surface area (Å²) in [6, 6.07) is 12.3. The van der Waals surface area contributed by atoms with Crippen molar-refractivity contribution in [1.82, 2.24) is 10.2 Å². The van der Waals surface area contributed by atoms with Crippen LogP contribution in [0.5, 0.6) is 0 Å². The lowest BCUT2D eigenvalue weighted by Crippen LogP contribution is -2.42. The maximum Gasteiger partial charge on any atom is 0.0240 e. The van der Waals surface area contributed by atoms with E-state index in [-0.39, 0.29) is 0 Å². The van der Waals surface area contributed by atoms with Gasteiger partial charge in [-0.3, -0.25) is 4.90 Å². The molecule has 1 fully saturated rings. The summed E-state index contributed by atoms with van der Waals surface area (Å²) >= 11 is 0. The molecule has 1 saturated carbocycles. The normalized spacial score (nSPS) is 17.4. The van der Waals surface area contributed by atoms with Crippen molar-refractivity contribution in [2.45, 2.75) is 44.8 Å². The Hall–Kier alpha value is -0.860. The maximum atomic E-state index is 3.33. The summed E-state index contributed by atoms with van der Waals surface area (Å²) in [5, 5.41) is 3.33. The van der Waals surface area contributed by atoms with E-state index in [1.54, 1.807) is 0 Å². The van der Waals surface area contributed by atoms with Gasteiger partial charge in [0.25, 0.3) is 0 Å². The number of likely N-dealkylation sites (N-methyl/N-ethyl adjacent to an activating group) is 1. The zero-order valence-electron chi connectivity index (χ0n) is 11.0. The fourth-order valence-electron chi connectivity index (χ4n) is 2.49. The van der Waals surface area contributed by atoms with E-state index in [0.29, 0.717) is 6.04 Å². The molecule has 2 heteroatoms. The van der Waals surface area contributed by atoms with Crippen molar-refractivity contribution in [2.24, 2.45) is 0 Å². The number of hydrogen-bond acceptors (Lipinski definition) is 2. The van der Waals surface area contributed by atoms with Crippen LogP contribution in [0.1, 0.15) is 31.7 Å². The second-order valence-electron chi connectivity index (χ2n) is 5.01. The van der Waals surface area contributed by atoms with Crippen LogP contribution in [0.25, 0.3) is 0 Å². The molecule has 17 heavy (non-hydrogen) atoms. The molecule has 0 spiro atoms. The third-order valence-electron chi connectivity index (χ3n) is 3.60. The second kappa shape index (κ2) is 6.18.